The molecular weight excluding hydrogens is 248 g/mol. The Bertz CT molecular complexity index is 373. The van der Waals surface area contributed by atoms with E-state index in [0.717, 1.165) is 31.3 Å². The van der Waals surface area contributed by atoms with Gasteiger partial charge in [0.15, 0.2) is 0 Å². The van der Waals surface area contributed by atoms with Crippen LogP contribution in [0.3, 0.4) is 0 Å². The maximum absolute atomic E-state index is 12.8. The molecule has 2 atom stereocenters. The van der Waals surface area contributed by atoms with Gasteiger partial charge >= 0.3 is 0 Å². The van der Waals surface area contributed by atoms with Crippen molar-refractivity contribution in [2.45, 2.75) is 69.9 Å². The van der Waals surface area contributed by atoms with Crippen LogP contribution in [-0.4, -0.2) is 47.4 Å². The summed E-state index contributed by atoms with van der Waals surface area (Å²) in [7, 11) is 0. The van der Waals surface area contributed by atoms with Gasteiger partial charge in [-0.15, -0.1) is 0 Å². The number of piperidine rings is 2. The van der Waals surface area contributed by atoms with E-state index in [-0.39, 0.29) is 6.04 Å². The Balaban J connectivity index is 1.47. The minimum absolute atomic E-state index is 0.240. The van der Waals surface area contributed by atoms with Crippen molar-refractivity contribution in [3.8, 4) is 0 Å². The number of hydrogen-bond acceptors (Lipinski definition) is 2. The van der Waals surface area contributed by atoms with Crippen LogP contribution < -0.4 is 0 Å². The smallest absolute Gasteiger partial charge is 0.239 e. The summed E-state index contributed by atoms with van der Waals surface area (Å²) in [6, 6.07) is 0.948. The molecule has 0 radical (unpaired) electrons. The molecule has 2 aliphatic heterocycles. The van der Waals surface area contributed by atoms with Crippen LogP contribution in [0.15, 0.2) is 0 Å². The zero-order valence-electron chi connectivity index (χ0n) is 12.6. The lowest BCUT2D eigenvalue weighted by Crippen LogP contribution is -2.61. The summed E-state index contributed by atoms with van der Waals surface area (Å²) in [5.74, 6) is 2.09. The average molecular weight is 276 g/mol. The van der Waals surface area contributed by atoms with E-state index in [2.05, 4.69) is 9.80 Å². The average Bonchev–Trinajstić information content (AvgIpc) is 3.30. The summed E-state index contributed by atoms with van der Waals surface area (Å²) in [5, 5.41) is 0. The van der Waals surface area contributed by atoms with Gasteiger partial charge < -0.3 is 4.90 Å². The number of fused-ring (bicyclic) bond motifs is 2. The molecule has 0 unspecified atom stereocenters. The molecule has 4 rings (SSSR count). The summed E-state index contributed by atoms with van der Waals surface area (Å²) in [5.41, 5.74) is 0. The predicted octanol–water partition coefficient (Wildman–Crippen LogP) is 2.65. The predicted molar refractivity (Wildman–Crippen MR) is 79.4 cm³/mol. The molecule has 112 valence electrons. The van der Waals surface area contributed by atoms with Gasteiger partial charge in [-0.05, 0) is 56.9 Å². The fourth-order valence-corrected chi connectivity index (χ4v) is 4.70. The molecule has 2 aliphatic carbocycles. The van der Waals surface area contributed by atoms with Crippen LogP contribution >= 0.6 is 0 Å². The zero-order valence-corrected chi connectivity index (χ0v) is 12.6. The summed E-state index contributed by atoms with van der Waals surface area (Å²) in [4.78, 5) is 17.7. The van der Waals surface area contributed by atoms with Crippen LogP contribution in [0.25, 0.3) is 0 Å². The molecule has 3 nitrogen and oxygen atoms in total. The summed E-state index contributed by atoms with van der Waals surface area (Å²) < 4.78 is 0. The minimum Gasteiger partial charge on any atom is -0.341 e. The molecule has 2 saturated heterocycles. The second kappa shape index (κ2) is 5.32. The Morgan fingerprint density at radius 3 is 2.55 bits per heavy atom. The first-order valence-corrected chi connectivity index (χ1v) is 8.86. The minimum atomic E-state index is 0.240. The van der Waals surface area contributed by atoms with Crippen LogP contribution in [0, 0.1) is 11.8 Å². The number of likely N-dealkylation sites (tertiary alicyclic amines) is 2. The van der Waals surface area contributed by atoms with Crippen molar-refractivity contribution >= 4 is 5.91 Å². The van der Waals surface area contributed by atoms with Crippen LogP contribution in [0.1, 0.15) is 57.8 Å². The SMILES string of the molecule is O=C1[C@H]2C[C@H](CCN2C2CCCCC2)CN1CC1CC1. The molecule has 4 fully saturated rings. The van der Waals surface area contributed by atoms with Crippen molar-refractivity contribution in [3.05, 3.63) is 0 Å². The molecule has 0 spiro atoms. The third kappa shape index (κ3) is 2.49. The Morgan fingerprint density at radius 1 is 1.00 bits per heavy atom. The van der Waals surface area contributed by atoms with Gasteiger partial charge in [0.25, 0.3) is 0 Å². The Morgan fingerprint density at radius 2 is 1.80 bits per heavy atom. The lowest BCUT2D eigenvalue weighted by Gasteiger charge is -2.50. The van der Waals surface area contributed by atoms with Crippen molar-refractivity contribution in [3.63, 3.8) is 0 Å². The number of amides is 1. The lowest BCUT2D eigenvalue weighted by atomic mass is 9.82. The number of rotatable bonds is 3. The number of nitrogens with zero attached hydrogens (tertiary/aromatic N) is 2. The van der Waals surface area contributed by atoms with E-state index in [1.807, 2.05) is 0 Å². The highest BCUT2D eigenvalue weighted by Crippen LogP contribution is 2.37. The molecule has 4 aliphatic rings. The lowest BCUT2D eigenvalue weighted by molar-refractivity contribution is -0.148. The van der Waals surface area contributed by atoms with Crippen LogP contribution in [-0.2, 0) is 4.79 Å². The summed E-state index contributed by atoms with van der Waals surface area (Å²) in [6.45, 7) is 3.30. The van der Waals surface area contributed by atoms with Gasteiger partial charge in [-0.25, -0.2) is 0 Å². The molecule has 20 heavy (non-hydrogen) atoms. The summed E-state index contributed by atoms with van der Waals surface area (Å²) >= 11 is 0. The maximum atomic E-state index is 12.8. The molecule has 0 aromatic carbocycles. The largest absolute Gasteiger partial charge is 0.341 e. The number of carbonyl (C=O) groups is 1. The Labute approximate surface area is 122 Å². The van der Waals surface area contributed by atoms with E-state index in [0.29, 0.717) is 11.9 Å². The number of hydrogen-bond donors (Lipinski definition) is 0. The molecule has 1 amide bonds. The van der Waals surface area contributed by atoms with Crippen molar-refractivity contribution < 1.29 is 4.79 Å². The van der Waals surface area contributed by atoms with Gasteiger partial charge in [0, 0.05) is 19.1 Å². The fourth-order valence-electron chi connectivity index (χ4n) is 4.70. The van der Waals surface area contributed by atoms with Gasteiger partial charge in [-0.2, -0.15) is 0 Å². The van der Waals surface area contributed by atoms with Gasteiger partial charge in [-0.1, -0.05) is 19.3 Å². The van der Waals surface area contributed by atoms with E-state index >= 15 is 0 Å². The second-order valence-corrected chi connectivity index (χ2v) is 7.62. The summed E-state index contributed by atoms with van der Waals surface area (Å²) in [6.07, 6.45) is 12.0. The normalized spacial score (nSPS) is 36.4. The fraction of sp³-hybridized carbons (Fsp3) is 0.941. The molecular formula is C17H28N2O. The first-order valence-electron chi connectivity index (χ1n) is 8.86. The first-order chi connectivity index (χ1) is 9.81. The van der Waals surface area contributed by atoms with Crippen molar-refractivity contribution in [2.75, 3.05) is 19.6 Å². The standard InChI is InChI=1S/C17H28N2O/c20-17-16-10-14(12-18(17)11-13-6-7-13)8-9-19(16)15-4-2-1-3-5-15/h13-16H,1-12H2/t14-,16+/m0/s1. The van der Waals surface area contributed by atoms with Gasteiger partial charge in [0.1, 0.15) is 0 Å². The molecule has 0 aromatic heterocycles. The van der Waals surface area contributed by atoms with E-state index in [9.17, 15) is 4.79 Å². The molecule has 3 heteroatoms. The quantitative estimate of drug-likeness (QED) is 0.791. The molecule has 0 aromatic rings. The second-order valence-electron chi connectivity index (χ2n) is 7.62. The topological polar surface area (TPSA) is 23.6 Å². The van der Waals surface area contributed by atoms with Crippen LogP contribution in [0.2, 0.25) is 0 Å². The van der Waals surface area contributed by atoms with E-state index in [1.165, 1.54) is 57.9 Å². The van der Waals surface area contributed by atoms with Crippen LogP contribution in [0.4, 0.5) is 0 Å². The van der Waals surface area contributed by atoms with Gasteiger partial charge in [0.05, 0.1) is 6.04 Å². The van der Waals surface area contributed by atoms with Gasteiger partial charge in [-0.3, -0.25) is 9.69 Å². The van der Waals surface area contributed by atoms with Crippen molar-refractivity contribution in [1.29, 1.82) is 0 Å². The Hall–Kier alpha value is -0.570. The molecule has 2 saturated carbocycles. The Kier molecular flexibility index (Phi) is 3.49. The highest BCUT2D eigenvalue weighted by atomic mass is 16.2. The number of carbonyl (C=O) groups excluding carboxylic acids is 1. The highest BCUT2D eigenvalue weighted by molar-refractivity contribution is 5.83. The molecule has 0 N–H and O–H groups in total. The first kappa shape index (κ1) is 13.1. The van der Waals surface area contributed by atoms with E-state index in [1.54, 1.807) is 0 Å². The molecule has 2 bridgehead atoms. The van der Waals surface area contributed by atoms with Crippen molar-refractivity contribution in [2.24, 2.45) is 11.8 Å². The third-order valence-electron chi connectivity index (χ3n) is 6.05. The third-order valence-corrected chi connectivity index (χ3v) is 6.05. The van der Waals surface area contributed by atoms with E-state index in [4.69, 9.17) is 0 Å². The van der Waals surface area contributed by atoms with E-state index < -0.39 is 0 Å². The van der Waals surface area contributed by atoms with Crippen molar-refractivity contribution in [1.82, 2.24) is 9.80 Å². The maximum Gasteiger partial charge on any atom is 0.239 e. The van der Waals surface area contributed by atoms with Crippen LogP contribution in [0.5, 0.6) is 0 Å². The zero-order chi connectivity index (χ0) is 13.5. The highest BCUT2D eigenvalue weighted by Gasteiger charge is 2.44. The monoisotopic (exact) mass is 276 g/mol. The van der Waals surface area contributed by atoms with Gasteiger partial charge in [0.2, 0.25) is 5.91 Å². The molecule has 2 heterocycles.